The van der Waals surface area contributed by atoms with Crippen LogP contribution in [0.15, 0.2) is 24.3 Å². The van der Waals surface area contributed by atoms with Crippen molar-refractivity contribution >= 4 is 0 Å². The standard InChI is InChI=1S/C14H20FN/c1-2-3-4-9-13-14(15)12-8-6-5-7-11(12)10-16-13/h5-8,13-14,16H,2-4,9-10H2,1H3/t13-,14-/m0/s1. The summed E-state index contributed by atoms with van der Waals surface area (Å²) in [6.07, 6.45) is 3.63. The molecule has 1 heterocycles. The van der Waals surface area contributed by atoms with Crippen LogP contribution in [0.3, 0.4) is 0 Å². The molecule has 1 N–H and O–H groups in total. The predicted octanol–water partition coefficient (Wildman–Crippen LogP) is 3.75. The van der Waals surface area contributed by atoms with Crippen molar-refractivity contribution in [2.24, 2.45) is 0 Å². The molecule has 0 saturated heterocycles. The average Bonchev–Trinajstić information content (AvgIpc) is 2.33. The van der Waals surface area contributed by atoms with Crippen LogP contribution in [0.4, 0.5) is 4.39 Å². The van der Waals surface area contributed by atoms with Crippen molar-refractivity contribution in [3.63, 3.8) is 0 Å². The van der Waals surface area contributed by atoms with E-state index in [9.17, 15) is 4.39 Å². The number of benzene rings is 1. The van der Waals surface area contributed by atoms with Crippen molar-refractivity contribution in [2.75, 3.05) is 0 Å². The Labute approximate surface area is 97.1 Å². The largest absolute Gasteiger partial charge is 0.307 e. The quantitative estimate of drug-likeness (QED) is 0.763. The van der Waals surface area contributed by atoms with E-state index in [4.69, 9.17) is 0 Å². The first-order chi connectivity index (χ1) is 7.83. The smallest absolute Gasteiger partial charge is 0.141 e. The molecule has 2 rings (SSSR count). The maximum Gasteiger partial charge on any atom is 0.141 e. The molecule has 1 aromatic carbocycles. The molecular formula is C14H20FN. The van der Waals surface area contributed by atoms with Gasteiger partial charge in [-0.2, -0.15) is 0 Å². The molecule has 2 atom stereocenters. The van der Waals surface area contributed by atoms with Crippen molar-refractivity contribution in [3.8, 4) is 0 Å². The Morgan fingerprint density at radius 1 is 1.31 bits per heavy atom. The van der Waals surface area contributed by atoms with Crippen molar-refractivity contribution in [1.29, 1.82) is 0 Å². The lowest BCUT2D eigenvalue weighted by Gasteiger charge is -2.29. The molecule has 1 nitrogen and oxygen atoms in total. The second-order valence-electron chi connectivity index (χ2n) is 4.58. The van der Waals surface area contributed by atoms with Gasteiger partial charge in [-0.1, -0.05) is 50.5 Å². The third-order valence-corrected chi connectivity index (χ3v) is 3.38. The highest BCUT2D eigenvalue weighted by Crippen LogP contribution is 2.31. The summed E-state index contributed by atoms with van der Waals surface area (Å²) >= 11 is 0. The van der Waals surface area contributed by atoms with E-state index in [1.165, 1.54) is 12.8 Å². The van der Waals surface area contributed by atoms with Crippen LogP contribution in [0, 0.1) is 0 Å². The van der Waals surface area contributed by atoms with E-state index in [0.29, 0.717) is 0 Å². The molecule has 88 valence electrons. The van der Waals surface area contributed by atoms with E-state index >= 15 is 0 Å². The number of rotatable bonds is 4. The highest BCUT2D eigenvalue weighted by Gasteiger charge is 2.27. The van der Waals surface area contributed by atoms with Gasteiger partial charge in [0.2, 0.25) is 0 Å². The van der Waals surface area contributed by atoms with Crippen LogP contribution in [0.2, 0.25) is 0 Å². The molecule has 0 radical (unpaired) electrons. The highest BCUT2D eigenvalue weighted by atomic mass is 19.1. The zero-order valence-electron chi connectivity index (χ0n) is 9.88. The lowest BCUT2D eigenvalue weighted by molar-refractivity contribution is 0.222. The zero-order valence-corrected chi connectivity index (χ0v) is 9.88. The van der Waals surface area contributed by atoms with E-state index in [1.807, 2.05) is 24.3 Å². The van der Waals surface area contributed by atoms with Crippen LogP contribution in [0.5, 0.6) is 0 Å². The highest BCUT2D eigenvalue weighted by molar-refractivity contribution is 5.32. The fraction of sp³-hybridized carbons (Fsp3) is 0.571. The molecule has 0 aliphatic carbocycles. The Balaban J connectivity index is 2.00. The number of unbranched alkanes of at least 4 members (excludes halogenated alkanes) is 2. The summed E-state index contributed by atoms with van der Waals surface area (Å²) < 4.78 is 14.2. The van der Waals surface area contributed by atoms with Crippen LogP contribution < -0.4 is 5.32 Å². The molecule has 0 spiro atoms. The zero-order chi connectivity index (χ0) is 11.4. The van der Waals surface area contributed by atoms with Gasteiger partial charge in [-0.3, -0.25) is 0 Å². The van der Waals surface area contributed by atoms with Gasteiger partial charge in [-0.15, -0.1) is 0 Å². The lowest BCUT2D eigenvalue weighted by atomic mass is 9.91. The molecule has 0 unspecified atom stereocenters. The molecule has 0 fully saturated rings. The topological polar surface area (TPSA) is 12.0 Å². The van der Waals surface area contributed by atoms with Gasteiger partial charge >= 0.3 is 0 Å². The first-order valence-electron chi connectivity index (χ1n) is 6.28. The Morgan fingerprint density at radius 3 is 2.94 bits per heavy atom. The van der Waals surface area contributed by atoms with Crippen molar-refractivity contribution in [1.82, 2.24) is 5.32 Å². The van der Waals surface area contributed by atoms with E-state index in [-0.39, 0.29) is 6.04 Å². The summed E-state index contributed by atoms with van der Waals surface area (Å²) in [4.78, 5) is 0. The number of fused-ring (bicyclic) bond motifs is 1. The number of halogens is 1. The minimum absolute atomic E-state index is 0.0152. The lowest BCUT2D eigenvalue weighted by Crippen LogP contribution is -2.37. The first-order valence-corrected chi connectivity index (χ1v) is 6.28. The van der Waals surface area contributed by atoms with Crippen LogP contribution >= 0.6 is 0 Å². The normalized spacial score (nSPS) is 24.1. The number of nitrogens with one attached hydrogen (secondary N) is 1. The van der Waals surface area contributed by atoms with Gasteiger partial charge in [0.05, 0.1) is 0 Å². The molecule has 16 heavy (non-hydrogen) atoms. The predicted molar refractivity (Wildman–Crippen MR) is 65.1 cm³/mol. The third-order valence-electron chi connectivity index (χ3n) is 3.38. The second kappa shape index (κ2) is 5.44. The summed E-state index contributed by atoms with van der Waals surface area (Å²) in [6.45, 7) is 2.99. The van der Waals surface area contributed by atoms with E-state index in [0.717, 1.165) is 30.5 Å². The molecule has 1 aromatic rings. The fourth-order valence-electron chi connectivity index (χ4n) is 2.39. The Kier molecular flexibility index (Phi) is 3.94. The van der Waals surface area contributed by atoms with Gasteiger partial charge in [-0.05, 0) is 17.5 Å². The van der Waals surface area contributed by atoms with Crippen molar-refractivity contribution in [3.05, 3.63) is 35.4 Å². The van der Waals surface area contributed by atoms with Gasteiger partial charge < -0.3 is 5.32 Å². The Morgan fingerprint density at radius 2 is 2.12 bits per heavy atom. The second-order valence-corrected chi connectivity index (χ2v) is 4.58. The summed E-state index contributed by atoms with van der Waals surface area (Å²) in [5.74, 6) is 0. The van der Waals surface area contributed by atoms with E-state index < -0.39 is 6.17 Å². The summed E-state index contributed by atoms with van der Waals surface area (Å²) in [5.41, 5.74) is 2.00. The summed E-state index contributed by atoms with van der Waals surface area (Å²) in [7, 11) is 0. The maximum atomic E-state index is 14.2. The van der Waals surface area contributed by atoms with Gasteiger partial charge in [0.25, 0.3) is 0 Å². The van der Waals surface area contributed by atoms with Gasteiger partial charge in [0, 0.05) is 12.6 Å². The molecule has 0 saturated carbocycles. The Hall–Kier alpha value is -0.890. The Bertz CT molecular complexity index is 337. The van der Waals surface area contributed by atoms with Crippen LogP contribution in [0.1, 0.15) is 49.9 Å². The number of alkyl halides is 1. The fourth-order valence-corrected chi connectivity index (χ4v) is 2.39. The summed E-state index contributed by atoms with van der Waals surface area (Å²) in [6, 6.07) is 7.86. The minimum atomic E-state index is -0.832. The third kappa shape index (κ3) is 2.43. The van der Waals surface area contributed by atoms with Crippen LogP contribution in [0.25, 0.3) is 0 Å². The van der Waals surface area contributed by atoms with Gasteiger partial charge in [0.15, 0.2) is 0 Å². The van der Waals surface area contributed by atoms with Gasteiger partial charge in [-0.25, -0.2) is 4.39 Å². The van der Waals surface area contributed by atoms with E-state index in [1.54, 1.807) is 0 Å². The molecular weight excluding hydrogens is 201 g/mol. The first kappa shape index (κ1) is 11.6. The molecule has 1 aliphatic heterocycles. The van der Waals surface area contributed by atoms with Gasteiger partial charge in [0.1, 0.15) is 6.17 Å². The van der Waals surface area contributed by atoms with Crippen LogP contribution in [-0.4, -0.2) is 6.04 Å². The number of hydrogen-bond donors (Lipinski definition) is 1. The molecule has 0 amide bonds. The minimum Gasteiger partial charge on any atom is -0.307 e. The average molecular weight is 221 g/mol. The van der Waals surface area contributed by atoms with Crippen LogP contribution in [-0.2, 0) is 6.54 Å². The molecule has 1 aliphatic rings. The van der Waals surface area contributed by atoms with E-state index in [2.05, 4.69) is 12.2 Å². The molecule has 0 aromatic heterocycles. The monoisotopic (exact) mass is 221 g/mol. The summed E-state index contributed by atoms with van der Waals surface area (Å²) in [5, 5.41) is 3.31. The molecule has 2 heteroatoms. The van der Waals surface area contributed by atoms with Crippen molar-refractivity contribution < 1.29 is 4.39 Å². The van der Waals surface area contributed by atoms with Crippen molar-refractivity contribution in [2.45, 2.75) is 51.4 Å². The maximum absolute atomic E-state index is 14.2. The SMILES string of the molecule is CCCCC[C@@H]1NCc2ccccc2[C@@H]1F. The molecule has 0 bridgehead atoms. The number of hydrogen-bond acceptors (Lipinski definition) is 1.